The summed E-state index contributed by atoms with van der Waals surface area (Å²) in [6.07, 6.45) is 9.40. The van der Waals surface area contributed by atoms with Gasteiger partial charge >= 0.3 is 0 Å². The molecule has 2 rings (SSSR count). The summed E-state index contributed by atoms with van der Waals surface area (Å²) in [7, 11) is 0. The van der Waals surface area contributed by atoms with Gasteiger partial charge in [0.2, 0.25) is 0 Å². The van der Waals surface area contributed by atoms with Gasteiger partial charge in [0, 0.05) is 18.4 Å². The van der Waals surface area contributed by atoms with Crippen LogP contribution in [0.15, 0.2) is 18.5 Å². The van der Waals surface area contributed by atoms with E-state index in [0.717, 1.165) is 5.92 Å². The largest absolute Gasteiger partial charge is 0.381 e. The van der Waals surface area contributed by atoms with Gasteiger partial charge in [-0.3, -0.25) is 0 Å². The van der Waals surface area contributed by atoms with Crippen LogP contribution in [0.25, 0.3) is 0 Å². The van der Waals surface area contributed by atoms with E-state index in [9.17, 15) is 0 Å². The zero-order valence-corrected chi connectivity index (χ0v) is 8.22. The summed E-state index contributed by atoms with van der Waals surface area (Å²) in [5.41, 5.74) is 1.24. The van der Waals surface area contributed by atoms with Crippen molar-refractivity contribution < 1.29 is 0 Å². The lowest BCUT2D eigenvalue weighted by molar-refractivity contribution is 0.361. The van der Waals surface area contributed by atoms with E-state index < -0.39 is 0 Å². The summed E-state index contributed by atoms with van der Waals surface area (Å²) in [5, 5.41) is 3.55. The maximum Gasteiger partial charge on any atom is 0.0519 e. The molecule has 0 bridgehead atoms. The van der Waals surface area contributed by atoms with Crippen LogP contribution in [0.1, 0.15) is 32.6 Å². The lowest BCUT2D eigenvalue weighted by atomic mass is 9.87. The van der Waals surface area contributed by atoms with Gasteiger partial charge in [-0.25, -0.2) is 0 Å². The molecule has 13 heavy (non-hydrogen) atoms. The Labute approximate surface area is 79.7 Å². The van der Waals surface area contributed by atoms with Crippen molar-refractivity contribution in [3.63, 3.8) is 0 Å². The Balaban J connectivity index is 1.83. The quantitative estimate of drug-likeness (QED) is 0.716. The van der Waals surface area contributed by atoms with Crippen LogP contribution < -0.4 is 5.32 Å². The fourth-order valence-electron chi connectivity index (χ4n) is 2.05. The molecular formula is C11H18N2. The molecule has 1 fully saturated rings. The molecule has 0 atom stereocenters. The van der Waals surface area contributed by atoms with Gasteiger partial charge < -0.3 is 10.3 Å². The van der Waals surface area contributed by atoms with Crippen molar-refractivity contribution >= 4 is 5.69 Å². The van der Waals surface area contributed by atoms with Crippen molar-refractivity contribution in [3.8, 4) is 0 Å². The second-order valence-corrected chi connectivity index (χ2v) is 4.20. The first-order chi connectivity index (χ1) is 6.34. The molecule has 0 amide bonds. The van der Waals surface area contributed by atoms with Gasteiger partial charge in [-0.15, -0.1) is 0 Å². The first-order valence-corrected chi connectivity index (χ1v) is 5.24. The lowest BCUT2D eigenvalue weighted by Gasteiger charge is -2.27. The van der Waals surface area contributed by atoms with Crippen LogP contribution in [0, 0.1) is 5.92 Å². The van der Waals surface area contributed by atoms with Crippen LogP contribution in [0.2, 0.25) is 0 Å². The van der Waals surface area contributed by atoms with Gasteiger partial charge in [-0.05, 0) is 37.7 Å². The highest BCUT2D eigenvalue weighted by Gasteiger charge is 2.17. The molecular weight excluding hydrogens is 160 g/mol. The van der Waals surface area contributed by atoms with E-state index in [1.165, 1.54) is 31.4 Å². The summed E-state index contributed by atoms with van der Waals surface area (Å²) in [4.78, 5) is 3.07. The standard InChI is InChI=1S/C11H18N2/c1-9-2-4-10(5-3-9)13-11-6-7-12-8-11/h6-10,12-13H,2-5H2,1H3. The molecule has 0 unspecified atom stereocenters. The fraction of sp³-hybridized carbons (Fsp3) is 0.636. The predicted octanol–water partition coefficient (Wildman–Crippen LogP) is 3.01. The van der Waals surface area contributed by atoms with Crippen molar-refractivity contribution in [2.75, 3.05) is 5.32 Å². The summed E-state index contributed by atoms with van der Waals surface area (Å²) >= 11 is 0. The van der Waals surface area contributed by atoms with Gasteiger partial charge in [0.25, 0.3) is 0 Å². The van der Waals surface area contributed by atoms with Crippen LogP contribution in [0.5, 0.6) is 0 Å². The number of rotatable bonds is 2. The molecule has 1 aromatic rings. The Bertz CT molecular complexity index is 233. The van der Waals surface area contributed by atoms with Crippen LogP contribution >= 0.6 is 0 Å². The Morgan fingerprint density at radius 1 is 1.31 bits per heavy atom. The number of nitrogens with one attached hydrogen (secondary N) is 2. The molecule has 0 saturated heterocycles. The molecule has 1 aromatic heterocycles. The Morgan fingerprint density at radius 2 is 2.08 bits per heavy atom. The molecule has 0 aliphatic heterocycles. The Hall–Kier alpha value is -0.920. The van der Waals surface area contributed by atoms with Crippen LogP contribution in [-0.2, 0) is 0 Å². The Kier molecular flexibility index (Phi) is 2.57. The molecule has 1 aliphatic rings. The Morgan fingerprint density at radius 3 is 2.69 bits per heavy atom. The third-order valence-electron chi connectivity index (χ3n) is 2.98. The van der Waals surface area contributed by atoms with E-state index >= 15 is 0 Å². The van der Waals surface area contributed by atoms with Gasteiger partial charge in [0.15, 0.2) is 0 Å². The summed E-state index contributed by atoms with van der Waals surface area (Å²) in [6, 6.07) is 2.80. The minimum Gasteiger partial charge on any atom is -0.381 e. The molecule has 1 saturated carbocycles. The van der Waals surface area contributed by atoms with E-state index in [1.807, 2.05) is 12.4 Å². The van der Waals surface area contributed by atoms with Crippen LogP contribution in [-0.4, -0.2) is 11.0 Å². The molecule has 2 N–H and O–H groups in total. The molecule has 0 radical (unpaired) electrons. The van der Waals surface area contributed by atoms with E-state index in [2.05, 4.69) is 23.3 Å². The molecule has 1 heterocycles. The third-order valence-corrected chi connectivity index (χ3v) is 2.98. The monoisotopic (exact) mass is 178 g/mol. The minimum atomic E-state index is 0.701. The molecule has 2 nitrogen and oxygen atoms in total. The number of aromatic amines is 1. The topological polar surface area (TPSA) is 27.8 Å². The molecule has 72 valence electrons. The van der Waals surface area contributed by atoms with Gasteiger partial charge in [0.1, 0.15) is 0 Å². The van der Waals surface area contributed by atoms with Crippen LogP contribution in [0.3, 0.4) is 0 Å². The first-order valence-electron chi connectivity index (χ1n) is 5.24. The summed E-state index contributed by atoms with van der Waals surface area (Å²) in [6.45, 7) is 2.35. The minimum absolute atomic E-state index is 0.701. The van der Waals surface area contributed by atoms with Crippen molar-refractivity contribution in [1.29, 1.82) is 0 Å². The fourth-order valence-corrected chi connectivity index (χ4v) is 2.05. The second kappa shape index (κ2) is 3.86. The highest BCUT2D eigenvalue weighted by molar-refractivity contribution is 5.41. The molecule has 2 heteroatoms. The first kappa shape index (κ1) is 8.67. The van der Waals surface area contributed by atoms with E-state index in [4.69, 9.17) is 0 Å². The number of anilines is 1. The van der Waals surface area contributed by atoms with Crippen molar-refractivity contribution in [2.45, 2.75) is 38.6 Å². The normalized spacial score (nSPS) is 28.7. The van der Waals surface area contributed by atoms with Gasteiger partial charge in [-0.1, -0.05) is 6.92 Å². The van der Waals surface area contributed by atoms with E-state index in [-0.39, 0.29) is 0 Å². The summed E-state index contributed by atoms with van der Waals surface area (Å²) in [5.74, 6) is 0.935. The maximum atomic E-state index is 3.55. The second-order valence-electron chi connectivity index (χ2n) is 4.20. The van der Waals surface area contributed by atoms with Crippen molar-refractivity contribution in [1.82, 2.24) is 4.98 Å². The predicted molar refractivity (Wildman–Crippen MR) is 55.8 cm³/mol. The number of hydrogen-bond donors (Lipinski definition) is 2. The average molecular weight is 178 g/mol. The molecule has 0 spiro atoms. The number of hydrogen-bond acceptors (Lipinski definition) is 1. The maximum absolute atomic E-state index is 3.55. The zero-order chi connectivity index (χ0) is 9.10. The summed E-state index contributed by atoms with van der Waals surface area (Å²) < 4.78 is 0. The smallest absolute Gasteiger partial charge is 0.0519 e. The third kappa shape index (κ3) is 2.27. The van der Waals surface area contributed by atoms with Gasteiger partial charge in [0.05, 0.1) is 5.69 Å². The average Bonchev–Trinajstić information content (AvgIpc) is 2.62. The molecule has 1 aliphatic carbocycles. The zero-order valence-electron chi connectivity index (χ0n) is 8.22. The number of H-pyrrole nitrogens is 1. The lowest BCUT2D eigenvalue weighted by Crippen LogP contribution is -2.24. The van der Waals surface area contributed by atoms with Crippen LogP contribution in [0.4, 0.5) is 5.69 Å². The van der Waals surface area contributed by atoms with Crippen molar-refractivity contribution in [2.24, 2.45) is 5.92 Å². The number of aromatic nitrogens is 1. The highest BCUT2D eigenvalue weighted by atomic mass is 14.9. The molecule has 0 aromatic carbocycles. The highest BCUT2D eigenvalue weighted by Crippen LogP contribution is 2.25. The SMILES string of the molecule is CC1CCC(Nc2cc[nH]c2)CC1. The van der Waals surface area contributed by atoms with Crippen molar-refractivity contribution in [3.05, 3.63) is 18.5 Å². The van der Waals surface area contributed by atoms with E-state index in [0.29, 0.717) is 6.04 Å². The van der Waals surface area contributed by atoms with E-state index in [1.54, 1.807) is 0 Å². The van der Waals surface area contributed by atoms with Gasteiger partial charge in [-0.2, -0.15) is 0 Å².